The van der Waals surface area contributed by atoms with Gasteiger partial charge in [0.1, 0.15) is 6.54 Å². The minimum Gasteiger partial charge on any atom is -0.381 e. The molecule has 1 heterocycles. The summed E-state index contributed by atoms with van der Waals surface area (Å²) in [7, 11) is 0. The van der Waals surface area contributed by atoms with Gasteiger partial charge in [-0.1, -0.05) is 12.1 Å². The van der Waals surface area contributed by atoms with Gasteiger partial charge < -0.3 is 15.4 Å². The van der Waals surface area contributed by atoms with Crippen LogP contribution in [0.2, 0.25) is 0 Å². The molecule has 0 spiro atoms. The summed E-state index contributed by atoms with van der Waals surface area (Å²) in [4.78, 5) is 23.8. The molecule has 0 saturated carbocycles. The van der Waals surface area contributed by atoms with Gasteiger partial charge in [0.25, 0.3) is 5.91 Å². The number of anilines is 1. The number of carbonyl (C=O) groups is 2. The molecule has 0 radical (unpaired) electrons. The van der Waals surface area contributed by atoms with Gasteiger partial charge in [0.15, 0.2) is 0 Å². The number of hydrogen-bond acceptors (Lipinski definition) is 3. The summed E-state index contributed by atoms with van der Waals surface area (Å²) >= 11 is 0. The first-order valence-corrected chi connectivity index (χ1v) is 6.69. The maximum atomic E-state index is 12.1. The van der Waals surface area contributed by atoms with Crippen LogP contribution in [0, 0.1) is 5.92 Å². The van der Waals surface area contributed by atoms with Crippen molar-refractivity contribution >= 4 is 17.5 Å². The normalized spacial score (nSPS) is 18.0. The predicted molar refractivity (Wildman–Crippen MR) is 72.4 cm³/mol. The van der Waals surface area contributed by atoms with E-state index in [1.807, 2.05) is 0 Å². The van der Waals surface area contributed by atoms with E-state index in [-0.39, 0.29) is 23.1 Å². The monoisotopic (exact) mass is 316 g/mol. The highest BCUT2D eigenvalue weighted by Crippen LogP contribution is 2.20. The highest BCUT2D eigenvalue weighted by molar-refractivity contribution is 6.04. The SMILES string of the molecule is O=C(NCC(F)(F)F)c1ccccc1NC(=O)C1CCOC1. The molecule has 0 aromatic heterocycles. The average molecular weight is 316 g/mol. The lowest BCUT2D eigenvalue weighted by molar-refractivity contribution is -0.123. The van der Waals surface area contributed by atoms with Crippen LogP contribution in [0.4, 0.5) is 18.9 Å². The number of amides is 2. The Morgan fingerprint density at radius 3 is 2.64 bits per heavy atom. The molecule has 1 aliphatic heterocycles. The van der Waals surface area contributed by atoms with Crippen LogP contribution in [0.25, 0.3) is 0 Å². The standard InChI is InChI=1S/C14H15F3N2O3/c15-14(16,17)8-18-13(21)10-3-1-2-4-11(10)19-12(20)9-5-6-22-7-9/h1-4,9H,5-8H2,(H,18,21)(H,19,20). The molecular formula is C14H15F3N2O3. The van der Waals surface area contributed by atoms with Crippen LogP contribution in [0.1, 0.15) is 16.8 Å². The van der Waals surface area contributed by atoms with Gasteiger partial charge >= 0.3 is 6.18 Å². The molecule has 1 atom stereocenters. The fourth-order valence-electron chi connectivity index (χ4n) is 2.04. The van der Waals surface area contributed by atoms with E-state index in [0.717, 1.165) is 0 Å². The van der Waals surface area contributed by atoms with E-state index in [1.165, 1.54) is 18.2 Å². The predicted octanol–water partition coefficient (Wildman–Crippen LogP) is 1.95. The van der Waals surface area contributed by atoms with E-state index in [1.54, 1.807) is 11.4 Å². The van der Waals surface area contributed by atoms with Crippen molar-refractivity contribution in [2.45, 2.75) is 12.6 Å². The molecule has 1 fully saturated rings. The van der Waals surface area contributed by atoms with Crippen LogP contribution in [-0.2, 0) is 9.53 Å². The van der Waals surface area contributed by atoms with Crippen molar-refractivity contribution in [1.82, 2.24) is 5.32 Å². The number of ether oxygens (including phenoxy) is 1. The Balaban J connectivity index is 2.05. The summed E-state index contributed by atoms with van der Waals surface area (Å²) in [5.41, 5.74) is 0.165. The van der Waals surface area contributed by atoms with Gasteiger partial charge in [-0.2, -0.15) is 13.2 Å². The second kappa shape index (κ2) is 6.78. The number of nitrogens with one attached hydrogen (secondary N) is 2. The molecule has 1 unspecified atom stereocenters. The summed E-state index contributed by atoms with van der Waals surface area (Å²) in [5, 5.41) is 4.35. The van der Waals surface area contributed by atoms with Crippen molar-refractivity contribution in [3.8, 4) is 0 Å². The highest BCUT2D eigenvalue weighted by Gasteiger charge is 2.29. The van der Waals surface area contributed by atoms with E-state index in [0.29, 0.717) is 19.6 Å². The van der Waals surface area contributed by atoms with Crippen LogP contribution >= 0.6 is 0 Å². The molecule has 1 aliphatic rings. The van der Waals surface area contributed by atoms with Gasteiger partial charge in [-0.15, -0.1) is 0 Å². The fraction of sp³-hybridized carbons (Fsp3) is 0.429. The van der Waals surface area contributed by atoms with Crippen molar-refractivity contribution in [2.24, 2.45) is 5.92 Å². The minimum atomic E-state index is -4.49. The summed E-state index contributed by atoms with van der Waals surface area (Å²) in [6.45, 7) is -0.634. The second-order valence-electron chi connectivity index (χ2n) is 4.89. The van der Waals surface area contributed by atoms with Crippen molar-refractivity contribution < 1.29 is 27.5 Å². The molecule has 22 heavy (non-hydrogen) atoms. The van der Waals surface area contributed by atoms with E-state index in [9.17, 15) is 22.8 Å². The van der Waals surface area contributed by atoms with Crippen LogP contribution in [0.15, 0.2) is 24.3 Å². The zero-order valence-electron chi connectivity index (χ0n) is 11.6. The maximum absolute atomic E-state index is 12.1. The lowest BCUT2D eigenvalue weighted by Gasteiger charge is -2.14. The van der Waals surface area contributed by atoms with E-state index in [2.05, 4.69) is 5.32 Å². The number of alkyl halides is 3. The second-order valence-corrected chi connectivity index (χ2v) is 4.89. The van der Waals surface area contributed by atoms with Gasteiger partial charge in [0.2, 0.25) is 5.91 Å². The van der Waals surface area contributed by atoms with Crippen molar-refractivity contribution in [2.75, 3.05) is 25.1 Å². The number of halogens is 3. The molecule has 1 aromatic rings. The minimum absolute atomic E-state index is 0.0148. The zero-order chi connectivity index (χ0) is 16.2. The van der Waals surface area contributed by atoms with Crippen LogP contribution in [0.5, 0.6) is 0 Å². The first kappa shape index (κ1) is 16.3. The Kier molecular flexibility index (Phi) is 5.02. The lowest BCUT2D eigenvalue weighted by atomic mass is 10.1. The number of benzene rings is 1. The van der Waals surface area contributed by atoms with Crippen LogP contribution in [-0.4, -0.2) is 37.7 Å². The largest absolute Gasteiger partial charge is 0.405 e. The van der Waals surface area contributed by atoms with Gasteiger partial charge in [0.05, 0.1) is 23.8 Å². The molecule has 0 aliphatic carbocycles. The Bertz CT molecular complexity index is 555. The van der Waals surface area contributed by atoms with E-state index in [4.69, 9.17) is 4.74 Å². The molecule has 1 saturated heterocycles. The van der Waals surface area contributed by atoms with Crippen LogP contribution < -0.4 is 10.6 Å². The van der Waals surface area contributed by atoms with Gasteiger partial charge in [-0.05, 0) is 18.6 Å². The van der Waals surface area contributed by atoms with Gasteiger partial charge in [-0.3, -0.25) is 9.59 Å². The quantitative estimate of drug-likeness (QED) is 0.892. The Morgan fingerprint density at radius 2 is 2.00 bits per heavy atom. The highest BCUT2D eigenvalue weighted by atomic mass is 19.4. The number of hydrogen-bond donors (Lipinski definition) is 2. The topological polar surface area (TPSA) is 67.4 Å². The number of carbonyl (C=O) groups excluding carboxylic acids is 2. The van der Waals surface area contributed by atoms with Gasteiger partial charge in [-0.25, -0.2) is 0 Å². The third kappa shape index (κ3) is 4.45. The molecule has 2 rings (SSSR count). The lowest BCUT2D eigenvalue weighted by Crippen LogP contribution is -2.34. The molecule has 0 bridgehead atoms. The summed E-state index contributed by atoms with van der Waals surface area (Å²) in [6, 6.07) is 5.92. The van der Waals surface area contributed by atoms with Crippen molar-refractivity contribution in [1.29, 1.82) is 0 Å². The third-order valence-corrected chi connectivity index (χ3v) is 3.18. The number of rotatable bonds is 4. The summed E-state index contributed by atoms with van der Waals surface area (Å²) in [5.74, 6) is -1.52. The molecule has 5 nitrogen and oxygen atoms in total. The third-order valence-electron chi connectivity index (χ3n) is 3.18. The Morgan fingerprint density at radius 1 is 1.27 bits per heavy atom. The Labute approximate surface area is 124 Å². The first-order valence-electron chi connectivity index (χ1n) is 6.69. The number of para-hydroxylation sites is 1. The summed E-state index contributed by atoms with van der Waals surface area (Å²) in [6.07, 6.45) is -3.91. The van der Waals surface area contributed by atoms with E-state index < -0.39 is 18.6 Å². The molecule has 2 N–H and O–H groups in total. The van der Waals surface area contributed by atoms with Crippen molar-refractivity contribution in [3.63, 3.8) is 0 Å². The molecule has 120 valence electrons. The fourth-order valence-corrected chi connectivity index (χ4v) is 2.04. The molecular weight excluding hydrogens is 301 g/mol. The first-order chi connectivity index (χ1) is 10.4. The smallest absolute Gasteiger partial charge is 0.381 e. The molecule has 8 heteroatoms. The molecule has 2 amide bonds. The van der Waals surface area contributed by atoms with Crippen molar-refractivity contribution in [3.05, 3.63) is 29.8 Å². The Hall–Kier alpha value is -2.09. The zero-order valence-corrected chi connectivity index (χ0v) is 11.6. The van der Waals surface area contributed by atoms with Crippen LogP contribution in [0.3, 0.4) is 0 Å². The van der Waals surface area contributed by atoms with E-state index >= 15 is 0 Å². The summed E-state index contributed by atoms with van der Waals surface area (Å²) < 4.78 is 41.5. The average Bonchev–Trinajstić information content (AvgIpc) is 2.99. The van der Waals surface area contributed by atoms with Gasteiger partial charge in [0, 0.05) is 6.61 Å². The maximum Gasteiger partial charge on any atom is 0.405 e. The molecule has 1 aromatic carbocycles.